The van der Waals surface area contributed by atoms with Crippen molar-refractivity contribution in [3.05, 3.63) is 49.6 Å². The van der Waals surface area contributed by atoms with Gasteiger partial charge in [-0.2, -0.15) is 8.78 Å². The van der Waals surface area contributed by atoms with E-state index in [1.165, 1.54) is 23.5 Å². The van der Waals surface area contributed by atoms with Gasteiger partial charge in [0.2, 0.25) is 0 Å². The Labute approximate surface area is 132 Å². The largest absolute Gasteiger partial charge is 0.435 e. The average Bonchev–Trinajstić information content (AvgIpc) is 2.72. The first-order valence-corrected chi connectivity index (χ1v) is 7.66. The molecule has 1 aromatic heterocycles. The fourth-order valence-corrected chi connectivity index (χ4v) is 3.71. The predicted molar refractivity (Wildman–Crippen MR) is 81.0 cm³/mol. The van der Waals surface area contributed by atoms with Crippen LogP contribution in [0.2, 0.25) is 5.02 Å². The van der Waals surface area contributed by atoms with Crippen LogP contribution in [0.3, 0.4) is 0 Å². The summed E-state index contributed by atoms with van der Waals surface area (Å²) >= 11 is 10.9. The SMILES string of the molecule is CNC(c1ccc(OC(F)F)cc1)c1cc(Cl)c(Br)s1. The number of halogens is 4. The van der Waals surface area contributed by atoms with Crippen molar-refractivity contribution < 1.29 is 13.5 Å². The summed E-state index contributed by atoms with van der Waals surface area (Å²) < 4.78 is 29.4. The normalized spacial score (nSPS) is 12.7. The molecule has 2 aromatic rings. The molecule has 20 heavy (non-hydrogen) atoms. The summed E-state index contributed by atoms with van der Waals surface area (Å²) in [6, 6.07) is 8.37. The van der Waals surface area contributed by atoms with E-state index in [1.54, 1.807) is 12.1 Å². The summed E-state index contributed by atoms with van der Waals surface area (Å²) in [5.74, 6) is 0.143. The third-order valence-electron chi connectivity index (χ3n) is 2.68. The second kappa shape index (κ2) is 6.85. The minimum Gasteiger partial charge on any atom is -0.435 e. The number of thiophene rings is 1. The summed E-state index contributed by atoms with van der Waals surface area (Å²) in [5, 5.41) is 3.83. The van der Waals surface area contributed by atoms with Crippen molar-refractivity contribution >= 4 is 38.9 Å². The Hall–Kier alpha value is -0.690. The van der Waals surface area contributed by atoms with Crippen LogP contribution in [0.25, 0.3) is 0 Å². The number of alkyl halides is 2. The summed E-state index contributed by atoms with van der Waals surface area (Å²) in [5.41, 5.74) is 0.944. The molecule has 1 heterocycles. The van der Waals surface area contributed by atoms with Gasteiger partial charge in [0.05, 0.1) is 14.9 Å². The lowest BCUT2D eigenvalue weighted by Gasteiger charge is -2.15. The van der Waals surface area contributed by atoms with Gasteiger partial charge in [0.1, 0.15) is 5.75 Å². The minimum absolute atomic E-state index is 0.0515. The lowest BCUT2D eigenvalue weighted by molar-refractivity contribution is -0.0498. The molecule has 0 saturated carbocycles. The highest BCUT2D eigenvalue weighted by Crippen LogP contribution is 2.37. The van der Waals surface area contributed by atoms with Crippen LogP contribution in [-0.4, -0.2) is 13.7 Å². The topological polar surface area (TPSA) is 21.3 Å². The lowest BCUT2D eigenvalue weighted by Crippen LogP contribution is -2.16. The van der Waals surface area contributed by atoms with E-state index < -0.39 is 6.61 Å². The predicted octanol–water partition coefficient (Wildman–Crippen LogP) is 5.07. The molecule has 1 N–H and O–H groups in total. The molecule has 0 amide bonds. The van der Waals surface area contributed by atoms with Crippen LogP contribution >= 0.6 is 38.9 Å². The van der Waals surface area contributed by atoms with E-state index in [0.29, 0.717) is 5.02 Å². The summed E-state index contributed by atoms with van der Waals surface area (Å²) in [6.45, 7) is -2.81. The van der Waals surface area contributed by atoms with Crippen molar-refractivity contribution in [2.24, 2.45) is 0 Å². The standard InChI is InChI=1S/C13H11BrClF2NOS/c1-18-11(10-6-9(15)12(14)20-10)7-2-4-8(5-3-7)19-13(16)17/h2-6,11,13,18H,1H3. The van der Waals surface area contributed by atoms with E-state index in [1.807, 2.05) is 13.1 Å². The van der Waals surface area contributed by atoms with Crippen molar-refractivity contribution in [3.8, 4) is 5.75 Å². The van der Waals surface area contributed by atoms with Gasteiger partial charge in [-0.05, 0) is 46.7 Å². The van der Waals surface area contributed by atoms with Gasteiger partial charge >= 0.3 is 6.61 Å². The molecular weight excluding hydrogens is 372 g/mol. The zero-order chi connectivity index (χ0) is 14.7. The molecule has 2 rings (SSSR count). The maximum atomic E-state index is 12.1. The Morgan fingerprint density at radius 3 is 2.40 bits per heavy atom. The summed E-state index contributed by atoms with van der Waals surface area (Å²) in [6.07, 6.45) is 0. The molecule has 1 aromatic carbocycles. The van der Waals surface area contributed by atoms with E-state index in [4.69, 9.17) is 11.6 Å². The fraction of sp³-hybridized carbons (Fsp3) is 0.231. The highest BCUT2D eigenvalue weighted by Gasteiger charge is 2.16. The first-order valence-electron chi connectivity index (χ1n) is 5.68. The summed E-state index contributed by atoms with van der Waals surface area (Å²) in [4.78, 5) is 1.03. The molecule has 108 valence electrons. The minimum atomic E-state index is -2.81. The Morgan fingerprint density at radius 2 is 1.95 bits per heavy atom. The van der Waals surface area contributed by atoms with Gasteiger partial charge < -0.3 is 10.1 Å². The van der Waals surface area contributed by atoms with Gasteiger partial charge in [-0.1, -0.05) is 23.7 Å². The Kier molecular flexibility index (Phi) is 5.37. The number of rotatable bonds is 5. The van der Waals surface area contributed by atoms with Gasteiger partial charge in [0.15, 0.2) is 0 Å². The van der Waals surface area contributed by atoms with Crippen molar-refractivity contribution in [3.63, 3.8) is 0 Å². The van der Waals surface area contributed by atoms with Crippen LogP contribution in [0.4, 0.5) is 8.78 Å². The molecule has 0 bridgehead atoms. The fourth-order valence-electron chi connectivity index (χ4n) is 1.82. The zero-order valence-corrected chi connectivity index (χ0v) is 13.5. The smallest absolute Gasteiger partial charge is 0.387 e. The van der Waals surface area contributed by atoms with E-state index in [-0.39, 0.29) is 11.8 Å². The maximum Gasteiger partial charge on any atom is 0.387 e. The van der Waals surface area contributed by atoms with Crippen molar-refractivity contribution in [1.29, 1.82) is 0 Å². The average molecular weight is 383 g/mol. The highest BCUT2D eigenvalue weighted by molar-refractivity contribution is 9.11. The molecule has 2 nitrogen and oxygen atoms in total. The monoisotopic (exact) mass is 381 g/mol. The molecule has 0 aliphatic heterocycles. The molecule has 0 fully saturated rings. The van der Waals surface area contributed by atoms with Gasteiger partial charge in [-0.3, -0.25) is 0 Å². The molecule has 0 aliphatic carbocycles. The van der Waals surface area contributed by atoms with Crippen molar-refractivity contribution in [2.75, 3.05) is 7.05 Å². The molecule has 0 radical (unpaired) electrons. The third-order valence-corrected chi connectivity index (χ3v) is 5.22. The van der Waals surface area contributed by atoms with Crippen LogP contribution in [0.15, 0.2) is 34.1 Å². The first-order chi connectivity index (χ1) is 9.51. The molecule has 1 unspecified atom stereocenters. The van der Waals surface area contributed by atoms with Gasteiger partial charge in [0, 0.05) is 4.88 Å². The zero-order valence-electron chi connectivity index (χ0n) is 10.4. The molecule has 0 aliphatic rings. The number of benzene rings is 1. The second-order valence-corrected chi connectivity index (χ2v) is 6.75. The number of ether oxygens (including phenoxy) is 1. The van der Waals surface area contributed by atoms with Crippen molar-refractivity contribution in [1.82, 2.24) is 5.32 Å². The van der Waals surface area contributed by atoms with Gasteiger partial charge in [-0.25, -0.2) is 0 Å². The lowest BCUT2D eigenvalue weighted by atomic mass is 10.1. The maximum absolute atomic E-state index is 12.1. The van der Waals surface area contributed by atoms with Crippen LogP contribution in [0, 0.1) is 0 Å². The van der Waals surface area contributed by atoms with Crippen LogP contribution < -0.4 is 10.1 Å². The van der Waals surface area contributed by atoms with Crippen LogP contribution in [0.1, 0.15) is 16.5 Å². The van der Waals surface area contributed by atoms with Gasteiger partial charge in [-0.15, -0.1) is 11.3 Å². The first kappa shape index (κ1) is 15.7. The summed E-state index contributed by atoms with van der Waals surface area (Å²) in [7, 11) is 1.83. The van der Waals surface area contributed by atoms with Crippen LogP contribution in [-0.2, 0) is 0 Å². The van der Waals surface area contributed by atoms with Crippen LogP contribution in [0.5, 0.6) is 5.75 Å². The molecule has 0 saturated heterocycles. The Morgan fingerprint density at radius 1 is 1.30 bits per heavy atom. The number of hydrogen-bond donors (Lipinski definition) is 1. The Bertz CT molecular complexity index is 557. The van der Waals surface area contributed by atoms with E-state index in [2.05, 4.69) is 26.0 Å². The molecule has 7 heteroatoms. The second-order valence-electron chi connectivity index (χ2n) is 3.94. The highest BCUT2D eigenvalue weighted by atomic mass is 79.9. The Balaban J connectivity index is 2.23. The quantitative estimate of drug-likeness (QED) is 0.779. The number of nitrogens with one attached hydrogen (secondary N) is 1. The molecular formula is C13H11BrClF2NOS. The van der Waals surface area contributed by atoms with E-state index in [9.17, 15) is 8.78 Å². The number of hydrogen-bond acceptors (Lipinski definition) is 3. The van der Waals surface area contributed by atoms with Gasteiger partial charge in [0.25, 0.3) is 0 Å². The van der Waals surface area contributed by atoms with Crippen molar-refractivity contribution in [2.45, 2.75) is 12.7 Å². The van der Waals surface area contributed by atoms with E-state index in [0.717, 1.165) is 14.2 Å². The molecule has 0 spiro atoms. The van der Waals surface area contributed by atoms with E-state index >= 15 is 0 Å². The third kappa shape index (κ3) is 3.69. The molecule has 1 atom stereocenters.